The van der Waals surface area contributed by atoms with Gasteiger partial charge < -0.3 is 14.4 Å². The fraction of sp³-hybridized carbons (Fsp3) is 0.190. The number of halogens is 1. The molecule has 1 N–H and O–H groups in total. The second kappa shape index (κ2) is 7.75. The highest BCUT2D eigenvalue weighted by Crippen LogP contribution is 2.38. The number of nitrogens with zero attached hydrogens (tertiary/aromatic N) is 2. The average Bonchev–Trinajstić information content (AvgIpc) is 3.47. The minimum absolute atomic E-state index is 0.0158. The number of aryl methyl sites for hydroxylation is 1. The number of aromatic nitrogens is 2. The SMILES string of the molecule is O=C(C1=C([O-])C(=O)N(CCC[n+]2cc[nH]c2)C1c1ccc(F)cc1)c1ccco1. The molecule has 29 heavy (non-hydrogen) atoms. The maximum Gasteiger partial charge on any atom is 0.241 e. The highest BCUT2D eigenvalue weighted by atomic mass is 19.1. The maximum absolute atomic E-state index is 13.4. The lowest BCUT2D eigenvalue weighted by atomic mass is 9.95. The Morgan fingerprint density at radius 2 is 2.07 bits per heavy atom. The third-order valence-corrected chi connectivity index (χ3v) is 4.88. The Balaban J connectivity index is 1.66. The van der Waals surface area contributed by atoms with E-state index in [1.165, 1.54) is 47.6 Å². The number of nitrogens with one attached hydrogen (secondary N) is 1. The summed E-state index contributed by atoms with van der Waals surface area (Å²) in [6.45, 7) is 0.888. The summed E-state index contributed by atoms with van der Waals surface area (Å²) in [6, 6.07) is 7.54. The van der Waals surface area contributed by atoms with Gasteiger partial charge in [0.05, 0.1) is 18.8 Å². The van der Waals surface area contributed by atoms with E-state index in [-0.39, 0.29) is 17.9 Å². The van der Waals surface area contributed by atoms with Gasteiger partial charge in [0.2, 0.25) is 18.0 Å². The van der Waals surface area contributed by atoms with Gasteiger partial charge in [-0.15, -0.1) is 0 Å². The molecule has 1 amide bonds. The van der Waals surface area contributed by atoms with Crippen LogP contribution in [0.25, 0.3) is 0 Å². The van der Waals surface area contributed by atoms with Gasteiger partial charge in [0.15, 0.2) is 5.76 Å². The smallest absolute Gasteiger partial charge is 0.241 e. The van der Waals surface area contributed by atoms with Crippen LogP contribution in [0.5, 0.6) is 0 Å². The van der Waals surface area contributed by atoms with Gasteiger partial charge in [-0.05, 0) is 35.6 Å². The van der Waals surface area contributed by atoms with Crippen molar-refractivity contribution in [3.05, 3.63) is 89.9 Å². The van der Waals surface area contributed by atoms with Crippen molar-refractivity contribution >= 4 is 11.7 Å². The van der Waals surface area contributed by atoms with E-state index in [1.807, 2.05) is 10.8 Å². The summed E-state index contributed by atoms with van der Waals surface area (Å²) in [4.78, 5) is 29.9. The van der Waals surface area contributed by atoms with Crippen LogP contribution in [0.3, 0.4) is 0 Å². The normalized spacial score (nSPS) is 16.7. The van der Waals surface area contributed by atoms with E-state index < -0.39 is 29.3 Å². The zero-order chi connectivity index (χ0) is 20.4. The molecule has 0 aliphatic carbocycles. The van der Waals surface area contributed by atoms with Crippen LogP contribution in [0.4, 0.5) is 4.39 Å². The summed E-state index contributed by atoms with van der Waals surface area (Å²) in [5.74, 6) is -2.69. The number of hydrogen-bond donors (Lipinski definition) is 1. The molecule has 0 fully saturated rings. The topological polar surface area (TPSA) is 93.2 Å². The second-order valence-corrected chi connectivity index (χ2v) is 6.70. The van der Waals surface area contributed by atoms with Gasteiger partial charge in [0.25, 0.3) is 0 Å². The summed E-state index contributed by atoms with van der Waals surface area (Å²) < 4.78 is 20.5. The van der Waals surface area contributed by atoms with Gasteiger partial charge in [-0.1, -0.05) is 12.1 Å². The van der Waals surface area contributed by atoms with Crippen molar-refractivity contribution in [3.8, 4) is 0 Å². The lowest BCUT2D eigenvalue weighted by Gasteiger charge is -2.27. The number of imidazole rings is 1. The summed E-state index contributed by atoms with van der Waals surface area (Å²) in [5.41, 5.74) is 0.320. The third-order valence-electron chi connectivity index (χ3n) is 4.88. The highest BCUT2D eigenvalue weighted by molar-refractivity contribution is 6.14. The molecule has 0 saturated heterocycles. The number of carbonyl (C=O) groups excluding carboxylic acids is 2. The Morgan fingerprint density at radius 3 is 2.72 bits per heavy atom. The first-order valence-electron chi connectivity index (χ1n) is 9.14. The molecule has 1 unspecified atom stereocenters. The average molecular weight is 395 g/mol. The quantitative estimate of drug-likeness (QED) is 0.485. The van der Waals surface area contributed by atoms with Crippen LogP contribution in [0.1, 0.15) is 28.6 Å². The second-order valence-electron chi connectivity index (χ2n) is 6.70. The zero-order valence-electron chi connectivity index (χ0n) is 15.4. The molecule has 4 rings (SSSR count). The van der Waals surface area contributed by atoms with Crippen molar-refractivity contribution in [2.75, 3.05) is 6.54 Å². The maximum atomic E-state index is 13.4. The Morgan fingerprint density at radius 1 is 1.28 bits per heavy atom. The highest BCUT2D eigenvalue weighted by Gasteiger charge is 2.40. The first-order valence-corrected chi connectivity index (χ1v) is 9.14. The number of hydrogen-bond acceptors (Lipinski definition) is 4. The molecule has 1 atom stereocenters. The van der Waals surface area contributed by atoms with E-state index in [2.05, 4.69) is 4.98 Å². The van der Waals surface area contributed by atoms with E-state index in [0.717, 1.165) is 0 Å². The minimum atomic E-state index is -0.885. The van der Waals surface area contributed by atoms with E-state index in [9.17, 15) is 19.1 Å². The molecule has 3 aromatic rings. The van der Waals surface area contributed by atoms with Gasteiger partial charge in [-0.25, -0.2) is 8.96 Å². The van der Waals surface area contributed by atoms with Gasteiger partial charge in [0.1, 0.15) is 18.2 Å². The number of ketones is 1. The minimum Gasteiger partial charge on any atom is -0.868 e. The molecular weight excluding hydrogens is 377 g/mol. The van der Waals surface area contributed by atoms with Crippen molar-refractivity contribution < 1.29 is 28.1 Å². The number of benzene rings is 1. The largest absolute Gasteiger partial charge is 0.868 e. The Labute approximate surface area is 165 Å². The molecule has 0 radical (unpaired) electrons. The predicted molar refractivity (Wildman–Crippen MR) is 96.5 cm³/mol. The summed E-state index contributed by atoms with van der Waals surface area (Å²) in [5, 5.41) is 12.7. The molecule has 7 nitrogen and oxygen atoms in total. The van der Waals surface area contributed by atoms with Crippen LogP contribution < -0.4 is 9.67 Å². The van der Waals surface area contributed by atoms with Crippen LogP contribution in [-0.2, 0) is 11.3 Å². The molecule has 2 aromatic heterocycles. The molecule has 0 spiro atoms. The number of rotatable bonds is 7. The fourth-order valence-corrected chi connectivity index (χ4v) is 3.52. The Hall–Kier alpha value is -3.68. The standard InChI is InChI=1S/C21H18FN3O4/c22-15-6-4-14(5-7-15)18-17(19(26)16-3-1-12-29-16)20(27)21(28)25(18)10-2-9-24-11-8-23-13-24/h1,3-8,11-13,18H,2,9-10H2,(H,26,27). The number of furan rings is 1. The zero-order valence-corrected chi connectivity index (χ0v) is 15.4. The lowest BCUT2D eigenvalue weighted by Crippen LogP contribution is -2.37. The summed E-state index contributed by atoms with van der Waals surface area (Å²) in [7, 11) is 0. The van der Waals surface area contributed by atoms with Crippen LogP contribution >= 0.6 is 0 Å². The third kappa shape index (κ3) is 3.56. The molecule has 8 heteroatoms. The van der Waals surface area contributed by atoms with Crippen molar-refractivity contribution in [2.45, 2.75) is 19.0 Å². The van der Waals surface area contributed by atoms with Crippen molar-refractivity contribution in [1.82, 2.24) is 9.88 Å². The first-order chi connectivity index (χ1) is 14.1. The van der Waals surface area contributed by atoms with Crippen LogP contribution in [0.2, 0.25) is 0 Å². The monoisotopic (exact) mass is 395 g/mol. The molecule has 1 aromatic carbocycles. The molecule has 3 heterocycles. The van der Waals surface area contributed by atoms with E-state index in [1.54, 1.807) is 12.5 Å². The van der Waals surface area contributed by atoms with E-state index in [4.69, 9.17) is 4.42 Å². The summed E-state index contributed by atoms with van der Waals surface area (Å²) >= 11 is 0. The van der Waals surface area contributed by atoms with Crippen LogP contribution in [0, 0.1) is 5.82 Å². The fourth-order valence-electron chi connectivity index (χ4n) is 3.52. The lowest BCUT2D eigenvalue weighted by molar-refractivity contribution is -0.695. The molecule has 1 aliphatic rings. The molecule has 0 saturated carbocycles. The van der Waals surface area contributed by atoms with Crippen molar-refractivity contribution in [2.24, 2.45) is 0 Å². The predicted octanol–water partition coefficient (Wildman–Crippen LogP) is 1.51. The van der Waals surface area contributed by atoms with Gasteiger partial charge in [-0.2, -0.15) is 0 Å². The Bertz CT molecular complexity index is 1040. The van der Waals surface area contributed by atoms with Gasteiger partial charge in [-0.3, -0.25) is 14.6 Å². The molecule has 148 valence electrons. The number of H-pyrrole nitrogens is 1. The van der Waals surface area contributed by atoms with Crippen LogP contribution in [0.15, 0.2) is 77.1 Å². The summed E-state index contributed by atoms with van der Waals surface area (Å²) in [6.07, 6.45) is 7.31. The van der Waals surface area contributed by atoms with E-state index in [0.29, 0.717) is 18.5 Å². The molecule has 1 aliphatic heterocycles. The van der Waals surface area contributed by atoms with Crippen molar-refractivity contribution in [3.63, 3.8) is 0 Å². The number of amides is 1. The van der Waals surface area contributed by atoms with E-state index >= 15 is 0 Å². The van der Waals surface area contributed by atoms with Crippen LogP contribution in [-0.4, -0.2) is 28.1 Å². The van der Waals surface area contributed by atoms with Crippen molar-refractivity contribution in [1.29, 1.82) is 0 Å². The number of carbonyl (C=O) groups is 2. The first kappa shape index (κ1) is 18.7. The molecule has 0 bridgehead atoms. The number of aromatic amines is 1. The Kier molecular flexibility index (Phi) is 4.99. The number of Topliss-reactive ketones (excluding diaryl/α,β-unsaturated/α-hetero) is 1. The van der Waals surface area contributed by atoms with Gasteiger partial charge in [0, 0.05) is 18.5 Å². The van der Waals surface area contributed by atoms with Gasteiger partial charge >= 0.3 is 0 Å². The molecular formula is C21H18FN3O4.